The number of hydrogen-bond acceptors (Lipinski definition) is 8. The first-order valence-electron chi connectivity index (χ1n) is 22.4. The van der Waals surface area contributed by atoms with Crippen LogP contribution in [0.25, 0.3) is 22.6 Å². The molecule has 0 spiro atoms. The molecule has 12 heteroatoms. The first kappa shape index (κ1) is 45.0. The molecular formula is C52H53N3O6S3. The molecule has 3 aliphatic rings. The Hall–Kier alpha value is -5.56. The second-order valence-corrected chi connectivity index (χ2v) is 19.5. The standard InChI is InChI=1S/C52H53N3O6S3/c56-46(57)23-14-6-4-2-1-3-5-7-15-30-53-50(61)48(64-52(53)62)51-54(34-47(58)59)49(60)45(63-51)33-36-26-29-44-42(32-36)40-21-16-22-43(40)55(44)39-27-24-35(25-28-39)31-41(37-17-10-8-11-18-37)38-19-12-9-13-20-38/h8-13,17-20,24-29,31-33,40,43H,1-7,14-16,21-23,30,34H2,(H,56,57)(H,58,59)/b45-33+,51-48-. The molecule has 1 saturated carbocycles. The van der Waals surface area contributed by atoms with Crippen LogP contribution in [0.1, 0.15) is 117 Å². The highest BCUT2D eigenvalue weighted by Gasteiger charge is 2.42. The van der Waals surface area contributed by atoms with Crippen LogP contribution in [-0.2, 0) is 20.9 Å². The van der Waals surface area contributed by atoms with Gasteiger partial charge >= 0.3 is 11.9 Å². The summed E-state index contributed by atoms with van der Waals surface area (Å²) in [7, 11) is 0. The van der Waals surface area contributed by atoms with Crippen LogP contribution in [0.3, 0.4) is 0 Å². The molecule has 1 aliphatic carbocycles. The van der Waals surface area contributed by atoms with Crippen LogP contribution in [0.4, 0.5) is 11.4 Å². The Balaban J connectivity index is 0.996. The summed E-state index contributed by atoms with van der Waals surface area (Å²) < 4.78 is 2.31. The van der Waals surface area contributed by atoms with Gasteiger partial charge in [-0.2, -0.15) is 0 Å². The van der Waals surface area contributed by atoms with Gasteiger partial charge in [-0.15, -0.1) is 11.3 Å². The zero-order valence-electron chi connectivity index (χ0n) is 35.8. The third-order valence-corrected chi connectivity index (χ3v) is 15.2. The highest BCUT2D eigenvalue weighted by atomic mass is 32.2. The van der Waals surface area contributed by atoms with Crippen molar-refractivity contribution in [3.8, 4) is 0 Å². The van der Waals surface area contributed by atoms with Crippen molar-refractivity contribution in [2.45, 2.75) is 102 Å². The number of carbonyl (C=O) groups is 3. The number of thiazole rings is 1. The number of carbonyl (C=O) groups excluding carboxylic acids is 1. The van der Waals surface area contributed by atoms with E-state index in [4.69, 9.17) is 17.3 Å². The molecule has 9 nitrogen and oxygen atoms in total. The lowest BCUT2D eigenvalue weighted by Crippen LogP contribution is -2.35. The molecule has 64 heavy (non-hydrogen) atoms. The molecule has 330 valence electrons. The van der Waals surface area contributed by atoms with Crippen LogP contribution in [0.2, 0.25) is 0 Å². The molecule has 2 aliphatic heterocycles. The predicted octanol–water partition coefficient (Wildman–Crippen LogP) is 10.2. The number of hydrogen-bond donors (Lipinski definition) is 2. The topological polar surface area (TPSA) is 120 Å². The first-order valence-corrected chi connectivity index (χ1v) is 24.5. The van der Waals surface area contributed by atoms with Crippen LogP contribution in [0.15, 0.2) is 108 Å². The molecule has 5 aromatic rings. The van der Waals surface area contributed by atoms with Gasteiger partial charge in [-0.3, -0.25) is 28.6 Å². The minimum atomic E-state index is -1.16. The summed E-state index contributed by atoms with van der Waals surface area (Å²) in [5.74, 6) is -1.84. The van der Waals surface area contributed by atoms with Crippen molar-refractivity contribution in [3.63, 3.8) is 0 Å². The Bertz CT molecular complexity index is 2690. The quantitative estimate of drug-likeness (QED) is 0.0474. The van der Waals surface area contributed by atoms with E-state index in [9.17, 15) is 24.3 Å². The summed E-state index contributed by atoms with van der Waals surface area (Å²) >= 11 is 7.93. The zero-order chi connectivity index (χ0) is 44.6. The number of rotatable bonds is 19. The largest absolute Gasteiger partial charge is 0.481 e. The maximum Gasteiger partial charge on any atom is 0.323 e. The second-order valence-electron chi connectivity index (χ2n) is 16.9. The third kappa shape index (κ3) is 10.4. The smallest absolute Gasteiger partial charge is 0.323 e. The average Bonchev–Trinajstić information content (AvgIpc) is 4.04. The minimum Gasteiger partial charge on any atom is -0.481 e. The third-order valence-electron chi connectivity index (χ3n) is 12.5. The Labute approximate surface area is 387 Å². The van der Waals surface area contributed by atoms with Gasteiger partial charge in [-0.05, 0) is 95.5 Å². The molecule has 1 saturated heterocycles. The Kier molecular flexibility index (Phi) is 14.7. The van der Waals surface area contributed by atoms with E-state index in [1.54, 1.807) is 4.90 Å². The maximum absolute atomic E-state index is 13.9. The molecule has 2 unspecified atom stereocenters. The van der Waals surface area contributed by atoms with Crippen molar-refractivity contribution in [3.05, 3.63) is 150 Å². The fourth-order valence-corrected chi connectivity index (χ4v) is 12.0. The number of thioether (sulfide) groups is 1. The molecule has 2 N–H and O–H groups in total. The normalized spacial score (nSPS) is 17.8. The molecule has 8 rings (SSSR count). The van der Waals surface area contributed by atoms with Crippen molar-refractivity contribution >= 4 is 91.5 Å². The van der Waals surface area contributed by atoms with E-state index in [2.05, 4.69) is 95.9 Å². The van der Waals surface area contributed by atoms with Crippen LogP contribution in [0, 0.1) is 0 Å². The molecule has 1 amide bonds. The predicted molar refractivity (Wildman–Crippen MR) is 263 cm³/mol. The lowest BCUT2D eigenvalue weighted by Gasteiger charge is -2.27. The van der Waals surface area contributed by atoms with Gasteiger partial charge in [-0.1, -0.05) is 154 Å². The van der Waals surface area contributed by atoms with Crippen molar-refractivity contribution in [1.82, 2.24) is 9.47 Å². The van der Waals surface area contributed by atoms with E-state index >= 15 is 0 Å². The van der Waals surface area contributed by atoms with Crippen molar-refractivity contribution < 1.29 is 24.6 Å². The molecular weight excluding hydrogens is 859 g/mol. The van der Waals surface area contributed by atoms with E-state index in [-0.39, 0.29) is 12.3 Å². The van der Waals surface area contributed by atoms with E-state index in [1.807, 2.05) is 24.3 Å². The number of anilines is 2. The van der Waals surface area contributed by atoms with E-state index in [1.165, 1.54) is 21.4 Å². The summed E-state index contributed by atoms with van der Waals surface area (Å²) in [6.07, 6.45) is 16.4. The SMILES string of the molecule is O=C(O)CCCCCCCCCCCN1C(=O)/C(=c2/s/c(=C/c3ccc4c(c3)C3CCCC3N4c3ccc(C=C(c4ccccc4)c4ccccc4)cc3)c(=O)n2CC(=O)O)SC1=S. The van der Waals surface area contributed by atoms with E-state index in [0.717, 1.165) is 128 Å². The molecule has 2 fully saturated rings. The van der Waals surface area contributed by atoms with Crippen LogP contribution < -0.4 is 19.7 Å². The van der Waals surface area contributed by atoms with E-state index < -0.39 is 24.0 Å². The molecule has 4 aromatic carbocycles. The summed E-state index contributed by atoms with van der Waals surface area (Å²) in [6, 6.07) is 36.5. The number of amides is 1. The summed E-state index contributed by atoms with van der Waals surface area (Å²) in [6.45, 7) is -0.0880. The van der Waals surface area contributed by atoms with Gasteiger partial charge in [-0.25, -0.2) is 0 Å². The number of carboxylic acids is 2. The number of thiocarbonyl (C=S) groups is 1. The van der Waals surface area contributed by atoms with Crippen molar-refractivity contribution in [1.29, 1.82) is 0 Å². The van der Waals surface area contributed by atoms with E-state index in [0.29, 0.717) is 36.9 Å². The Morgan fingerprint density at radius 2 is 1.36 bits per heavy atom. The van der Waals surface area contributed by atoms with Crippen molar-refractivity contribution in [2.75, 3.05) is 11.4 Å². The zero-order valence-corrected chi connectivity index (χ0v) is 38.3. The Morgan fingerprint density at radius 3 is 2.00 bits per heavy atom. The number of carboxylic acid groups (broad SMARTS) is 2. The number of aliphatic carboxylic acids is 2. The number of nitrogens with zero attached hydrogens (tertiary/aromatic N) is 3. The molecule has 2 atom stereocenters. The average molecular weight is 912 g/mol. The first-order chi connectivity index (χ1) is 31.2. The fourth-order valence-electron chi connectivity index (χ4n) is 9.39. The monoisotopic (exact) mass is 911 g/mol. The summed E-state index contributed by atoms with van der Waals surface area (Å²) in [5.41, 5.74) is 8.60. The summed E-state index contributed by atoms with van der Waals surface area (Å²) in [4.78, 5) is 54.8. The number of fused-ring (bicyclic) bond motifs is 3. The molecule has 1 aromatic heterocycles. The molecule has 0 bridgehead atoms. The van der Waals surface area contributed by atoms with Gasteiger partial charge < -0.3 is 15.1 Å². The maximum atomic E-state index is 13.9. The highest BCUT2D eigenvalue weighted by Crippen LogP contribution is 2.52. The number of aromatic nitrogens is 1. The second kappa shape index (κ2) is 21.0. The lowest BCUT2D eigenvalue weighted by atomic mass is 9.95. The minimum absolute atomic E-state index is 0.233. The molecule has 3 heterocycles. The summed E-state index contributed by atoms with van der Waals surface area (Å²) in [5, 5.41) is 18.6. The lowest BCUT2D eigenvalue weighted by molar-refractivity contribution is -0.138. The van der Waals surface area contributed by atoms with Crippen molar-refractivity contribution in [2.24, 2.45) is 0 Å². The van der Waals surface area contributed by atoms with Gasteiger partial charge in [0.25, 0.3) is 11.5 Å². The number of benzene rings is 4. The Morgan fingerprint density at radius 1 is 0.734 bits per heavy atom. The van der Waals surface area contributed by atoms with Gasteiger partial charge in [0, 0.05) is 36.3 Å². The fraction of sp³-hybridized carbons (Fsp3) is 0.327. The van der Waals surface area contributed by atoms with Gasteiger partial charge in [0.05, 0.1) is 4.53 Å². The highest BCUT2D eigenvalue weighted by molar-refractivity contribution is 8.30. The van der Waals surface area contributed by atoms with Gasteiger partial charge in [0.2, 0.25) is 0 Å². The van der Waals surface area contributed by atoms with Crippen LogP contribution >= 0.6 is 35.3 Å². The van der Waals surface area contributed by atoms with Gasteiger partial charge in [0.15, 0.2) is 0 Å². The van der Waals surface area contributed by atoms with Crippen LogP contribution in [-0.4, -0.2) is 54.4 Å². The molecule has 0 radical (unpaired) electrons. The number of unbranched alkanes of at least 4 members (excludes halogenated alkanes) is 8. The van der Waals surface area contributed by atoms with Crippen LogP contribution in [0.5, 0.6) is 0 Å². The van der Waals surface area contributed by atoms with Gasteiger partial charge in [0.1, 0.15) is 20.4 Å².